The Bertz CT molecular complexity index is 719. The fourth-order valence-corrected chi connectivity index (χ4v) is 2.96. The molecule has 0 aliphatic carbocycles. The summed E-state index contributed by atoms with van der Waals surface area (Å²) < 4.78 is 1.81. The highest BCUT2D eigenvalue weighted by molar-refractivity contribution is 5.95. The van der Waals surface area contributed by atoms with Crippen LogP contribution in [-0.2, 0) is 5.41 Å². The first-order chi connectivity index (χ1) is 11.3. The van der Waals surface area contributed by atoms with Crippen LogP contribution in [0.25, 0.3) is 5.69 Å². The highest BCUT2D eigenvalue weighted by Crippen LogP contribution is 2.26. The predicted molar refractivity (Wildman–Crippen MR) is 95.7 cm³/mol. The molecule has 1 unspecified atom stereocenters. The molecule has 0 radical (unpaired) electrons. The number of nitrogens with one attached hydrogen (secondary N) is 2. The number of hydrogen-bond acceptors (Lipinski definition) is 3. The van der Waals surface area contributed by atoms with Gasteiger partial charge in [0.1, 0.15) is 0 Å². The van der Waals surface area contributed by atoms with E-state index < -0.39 is 0 Å². The zero-order valence-corrected chi connectivity index (χ0v) is 14.9. The molecule has 5 heteroatoms. The average molecular weight is 326 g/mol. The van der Waals surface area contributed by atoms with Crippen LogP contribution in [-0.4, -0.2) is 34.8 Å². The summed E-state index contributed by atoms with van der Waals surface area (Å²) in [5.41, 5.74) is 3.46. The van der Waals surface area contributed by atoms with Crippen molar-refractivity contribution in [3.8, 4) is 5.69 Å². The zero-order valence-electron chi connectivity index (χ0n) is 14.9. The predicted octanol–water partition coefficient (Wildman–Crippen LogP) is 2.57. The average Bonchev–Trinajstić information content (AvgIpc) is 3.16. The molecular formula is C19H26N4O. The highest BCUT2D eigenvalue weighted by atomic mass is 16.1. The molecule has 2 aromatic rings. The van der Waals surface area contributed by atoms with Gasteiger partial charge in [0.05, 0.1) is 16.9 Å². The maximum absolute atomic E-state index is 12.8. The molecule has 1 amide bonds. The lowest BCUT2D eigenvalue weighted by Gasteiger charge is -2.18. The van der Waals surface area contributed by atoms with Crippen molar-refractivity contribution in [3.63, 3.8) is 0 Å². The van der Waals surface area contributed by atoms with Gasteiger partial charge in [0, 0.05) is 24.2 Å². The molecule has 1 saturated heterocycles. The van der Waals surface area contributed by atoms with Crippen molar-refractivity contribution >= 4 is 5.91 Å². The largest absolute Gasteiger partial charge is 0.348 e. The monoisotopic (exact) mass is 326 g/mol. The van der Waals surface area contributed by atoms with Crippen molar-refractivity contribution < 1.29 is 4.79 Å². The Balaban J connectivity index is 1.94. The van der Waals surface area contributed by atoms with Crippen molar-refractivity contribution in [2.45, 2.75) is 45.6 Å². The molecule has 1 fully saturated rings. The highest BCUT2D eigenvalue weighted by Gasteiger charge is 2.28. The summed E-state index contributed by atoms with van der Waals surface area (Å²) in [6.07, 6.45) is 2.83. The van der Waals surface area contributed by atoms with Gasteiger partial charge in [-0.2, -0.15) is 5.10 Å². The SMILES string of the molecule is Cc1ccc(-n2cc(C(=O)NC3CCNC3)c(C(C)(C)C)n2)cc1. The van der Waals surface area contributed by atoms with E-state index in [1.54, 1.807) is 0 Å². The van der Waals surface area contributed by atoms with Gasteiger partial charge in [-0.3, -0.25) is 4.79 Å². The molecule has 1 aliphatic rings. The van der Waals surface area contributed by atoms with E-state index in [-0.39, 0.29) is 17.4 Å². The lowest BCUT2D eigenvalue weighted by Crippen LogP contribution is -2.37. The number of carbonyl (C=O) groups is 1. The standard InChI is InChI=1S/C19H26N4O/c1-13-5-7-15(8-6-13)23-12-16(17(22-23)19(2,3)4)18(24)21-14-9-10-20-11-14/h5-8,12,14,20H,9-11H2,1-4H3,(H,21,24). The van der Waals surface area contributed by atoms with Crippen molar-refractivity contribution in [3.05, 3.63) is 47.3 Å². The van der Waals surface area contributed by atoms with Crippen LogP contribution in [0, 0.1) is 6.92 Å². The van der Waals surface area contributed by atoms with Crippen molar-refractivity contribution in [1.82, 2.24) is 20.4 Å². The third-order valence-electron chi connectivity index (χ3n) is 4.36. The fraction of sp³-hybridized carbons (Fsp3) is 0.474. The summed E-state index contributed by atoms with van der Waals surface area (Å²) >= 11 is 0. The second kappa shape index (κ2) is 6.40. The van der Waals surface area contributed by atoms with E-state index in [4.69, 9.17) is 5.10 Å². The van der Waals surface area contributed by atoms with Gasteiger partial charge in [-0.25, -0.2) is 4.68 Å². The summed E-state index contributed by atoms with van der Waals surface area (Å²) in [6, 6.07) is 8.36. The van der Waals surface area contributed by atoms with Crippen LogP contribution in [0.1, 0.15) is 48.8 Å². The molecule has 1 aromatic carbocycles. The van der Waals surface area contributed by atoms with Gasteiger partial charge < -0.3 is 10.6 Å². The molecule has 5 nitrogen and oxygen atoms in total. The van der Waals surface area contributed by atoms with E-state index in [1.807, 2.05) is 23.0 Å². The summed E-state index contributed by atoms with van der Waals surface area (Å²) in [6.45, 7) is 10.1. The lowest BCUT2D eigenvalue weighted by atomic mass is 9.89. The first-order valence-electron chi connectivity index (χ1n) is 8.53. The maximum atomic E-state index is 12.8. The van der Waals surface area contributed by atoms with Crippen LogP contribution in [0.4, 0.5) is 0 Å². The number of rotatable bonds is 3. The van der Waals surface area contributed by atoms with Gasteiger partial charge in [0.25, 0.3) is 5.91 Å². The maximum Gasteiger partial charge on any atom is 0.255 e. The van der Waals surface area contributed by atoms with E-state index in [9.17, 15) is 4.79 Å². The van der Waals surface area contributed by atoms with E-state index >= 15 is 0 Å². The van der Waals surface area contributed by atoms with Crippen LogP contribution < -0.4 is 10.6 Å². The van der Waals surface area contributed by atoms with Crippen molar-refractivity contribution in [2.24, 2.45) is 0 Å². The molecule has 0 spiro atoms. The minimum absolute atomic E-state index is 0.0352. The Morgan fingerprint density at radius 1 is 1.29 bits per heavy atom. The number of aromatic nitrogens is 2. The number of nitrogens with zero attached hydrogens (tertiary/aromatic N) is 2. The third kappa shape index (κ3) is 3.51. The second-order valence-corrected chi connectivity index (χ2v) is 7.58. The van der Waals surface area contributed by atoms with Crippen molar-refractivity contribution in [2.75, 3.05) is 13.1 Å². The molecule has 2 heterocycles. The van der Waals surface area contributed by atoms with E-state index in [2.05, 4.69) is 50.5 Å². The van der Waals surface area contributed by atoms with Gasteiger partial charge >= 0.3 is 0 Å². The third-order valence-corrected chi connectivity index (χ3v) is 4.36. The lowest BCUT2D eigenvalue weighted by molar-refractivity contribution is 0.0938. The Morgan fingerprint density at radius 3 is 2.58 bits per heavy atom. The fourth-order valence-electron chi connectivity index (χ4n) is 2.96. The number of benzene rings is 1. The van der Waals surface area contributed by atoms with Crippen LogP contribution in [0.2, 0.25) is 0 Å². The topological polar surface area (TPSA) is 59.0 Å². The molecular weight excluding hydrogens is 300 g/mol. The quantitative estimate of drug-likeness (QED) is 0.911. The first kappa shape index (κ1) is 16.7. The summed E-state index contributed by atoms with van der Waals surface area (Å²) in [5, 5.41) is 11.1. The van der Waals surface area contributed by atoms with Crippen LogP contribution in [0.5, 0.6) is 0 Å². The van der Waals surface area contributed by atoms with Crippen molar-refractivity contribution in [1.29, 1.82) is 0 Å². The molecule has 1 aliphatic heterocycles. The second-order valence-electron chi connectivity index (χ2n) is 7.58. The zero-order chi connectivity index (χ0) is 17.3. The Kier molecular flexibility index (Phi) is 4.45. The molecule has 128 valence electrons. The Morgan fingerprint density at radius 2 is 2.00 bits per heavy atom. The van der Waals surface area contributed by atoms with Gasteiger partial charge in [-0.15, -0.1) is 0 Å². The van der Waals surface area contributed by atoms with Gasteiger partial charge in [-0.05, 0) is 32.0 Å². The smallest absolute Gasteiger partial charge is 0.255 e. The molecule has 3 rings (SSSR count). The number of aryl methyl sites for hydroxylation is 1. The molecule has 0 saturated carbocycles. The van der Waals surface area contributed by atoms with Crippen LogP contribution in [0.15, 0.2) is 30.5 Å². The number of carbonyl (C=O) groups excluding carboxylic acids is 1. The molecule has 1 aromatic heterocycles. The molecule has 1 atom stereocenters. The number of amides is 1. The van der Waals surface area contributed by atoms with Crippen LogP contribution in [0.3, 0.4) is 0 Å². The molecule has 0 bridgehead atoms. The first-order valence-corrected chi connectivity index (χ1v) is 8.53. The van der Waals surface area contributed by atoms with Gasteiger partial charge in [0.15, 0.2) is 0 Å². The molecule has 2 N–H and O–H groups in total. The van der Waals surface area contributed by atoms with Gasteiger partial charge in [0.2, 0.25) is 0 Å². The normalized spacial score (nSPS) is 17.9. The summed E-state index contributed by atoms with van der Waals surface area (Å²) in [5.74, 6) is -0.0352. The van der Waals surface area contributed by atoms with E-state index in [0.29, 0.717) is 5.56 Å². The summed E-state index contributed by atoms with van der Waals surface area (Å²) in [4.78, 5) is 12.8. The number of hydrogen-bond donors (Lipinski definition) is 2. The van der Waals surface area contributed by atoms with E-state index in [1.165, 1.54) is 5.56 Å². The van der Waals surface area contributed by atoms with Crippen LogP contribution >= 0.6 is 0 Å². The molecule has 24 heavy (non-hydrogen) atoms. The Hall–Kier alpha value is -2.14. The van der Waals surface area contributed by atoms with E-state index in [0.717, 1.165) is 30.9 Å². The van der Waals surface area contributed by atoms with Gasteiger partial charge in [-0.1, -0.05) is 38.5 Å². The Labute approximate surface area is 143 Å². The summed E-state index contributed by atoms with van der Waals surface area (Å²) in [7, 11) is 0. The minimum Gasteiger partial charge on any atom is -0.348 e. The minimum atomic E-state index is -0.198.